The smallest absolute Gasteiger partial charge is 0.0483 e. The highest BCUT2D eigenvalue weighted by molar-refractivity contribution is 4.99. The van der Waals surface area contributed by atoms with Crippen molar-refractivity contribution < 1.29 is 9.47 Å². The Balaban J connectivity index is -0.000000190. The van der Waals surface area contributed by atoms with E-state index in [2.05, 4.69) is 472 Å². The monoisotopic (exact) mass is 1980 g/mol. The second kappa shape index (κ2) is 76.0. The van der Waals surface area contributed by atoms with Crippen LogP contribution in [-0.4, -0.2) is 160 Å². The molecule has 0 radical (unpaired) electrons. The lowest BCUT2D eigenvalue weighted by molar-refractivity contribution is 0.0329. The molecule has 1 saturated carbocycles. The molecule has 2 aliphatic heterocycles. The topological polar surface area (TPSA) is 210 Å². The van der Waals surface area contributed by atoms with E-state index in [4.69, 9.17) is 32.4 Å². The van der Waals surface area contributed by atoms with Crippen molar-refractivity contribution in [3.8, 4) is 0 Å². The molecular formula is C125H280N12O2. The van der Waals surface area contributed by atoms with Gasteiger partial charge in [-0.05, 0) is 369 Å². The number of rotatable bonds is 43. The molecule has 0 aromatic rings. The van der Waals surface area contributed by atoms with Crippen molar-refractivity contribution in [3.63, 3.8) is 0 Å². The number of hydrogen-bond donors (Lipinski definition) is 11. The first kappa shape index (κ1) is 156. The molecule has 14 nitrogen and oxygen atoms in total. The lowest BCUT2D eigenvalue weighted by Crippen LogP contribution is -2.53. The predicted octanol–water partition coefficient (Wildman–Crippen LogP) is 32.7. The van der Waals surface area contributed by atoms with Gasteiger partial charge in [0, 0.05) is 92.9 Å². The van der Waals surface area contributed by atoms with Crippen molar-refractivity contribution in [3.05, 3.63) is 0 Å². The second-order valence-corrected chi connectivity index (χ2v) is 56.6. The first-order chi connectivity index (χ1) is 62.6. The molecule has 0 aromatic carbocycles. The Morgan fingerprint density at radius 2 is 0.612 bits per heavy atom. The Bertz CT molecular complexity index is 2650. The molecule has 2 saturated heterocycles. The largest absolute Gasteiger partial charge is 0.381 e. The van der Waals surface area contributed by atoms with Crippen LogP contribution in [0.4, 0.5) is 0 Å². The van der Waals surface area contributed by atoms with Gasteiger partial charge >= 0.3 is 0 Å². The number of nitrogens with zero attached hydrogens (tertiary/aromatic N) is 1. The second-order valence-electron chi connectivity index (χ2n) is 56.6. The van der Waals surface area contributed by atoms with Crippen LogP contribution in [0.1, 0.15) is 542 Å². The lowest BCUT2D eigenvalue weighted by atomic mass is 9.70. The van der Waals surface area contributed by atoms with Gasteiger partial charge < -0.3 is 74.5 Å². The van der Waals surface area contributed by atoms with Crippen LogP contribution in [-0.2, 0) is 9.47 Å². The van der Waals surface area contributed by atoms with Gasteiger partial charge in [-0.25, -0.2) is 0 Å². The van der Waals surface area contributed by atoms with Crippen molar-refractivity contribution in [1.82, 2.24) is 42.1 Å². The highest BCUT2D eigenvalue weighted by Crippen LogP contribution is 2.40. The molecule has 8 atom stereocenters. The van der Waals surface area contributed by atoms with Gasteiger partial charge in [0.1, 0.15) is 0 Å². The normalized spacial score (nSPS) is 18.6. The van der Waals surface area contributed by atoms with Crippen molar-refractivity contribution >= 4 is 0 Å². The highest BCUT2D eigenvalue weighted by Gasteiger charge is 2.41. The van der Waals surface area contributed by atoms with Gasteiger partial charge in [0.15, 0.2) is 0 Å². The number of nitrogens with two attached hydrogens (primary N) is 4. The molecule has 14 heteroatoms. The summed E-state index contributed by atoms with van der Waals surface area (Å²) in [5.74, 6) is 12.4. The molecule has 3 aliphatic rings. The average Bonchev–Trinajstić information content (AvgIpc) is 0.805. The zero-order valence-electron chi connectivity index (χ0n) is 108. The van der Waals surface area contributed by atoms with E-state index < -0.39 is 0 Å². The van der Waals surface area contributed by atoms with Gasteiger partial charge in [-0.3, -0.25) is 0 Å². The lowest BCUT2D eigenvalue weighted by Gasteiger charge is -2.44. The van der Waals surface area contributed by atoms with Crippen molar-refractivity contribution in [2.24, 2.45) is 140 Å². The van der Waals surface area contributed by atoms with E-state index in [9.17, 15) is 0 Å². The molecule has 15 N–H and O–H groups in total. The maximum atomic E-state index is 6.19. The molecule has 0 aromatic heterocycles. The Morgan fingerprint density at radius 3 is 0.813 bits per heavy atom. The first-order valence-electron chi connectivity index (χ1n) is 58.6. The van der Waals surface area contributed by atoms with Gasteiger partial charge in [0.25, 0.3) is 0 Å². The maximum Gasteiger partial charge on any atom is 0.0483 e. The maximum absolute atomic E-state index is 6.19. The Labute approximate surface area is 882 Å². The SMILES string of the molecule is CC(C)CC1(N)CCOCC1.CC(C)C[C@@](C)(C(C)C)N(C)C.CC(C)C[C@](C)(N)C(C)(C)C.CC(C)C[C@](C)(N)C(C)C.CCC(N)(CC)CC(C)C.CCCN[C@@](C)(CC(C)C)C(C)C.CCN[C@@](C)(CC(C)C)C(C)(C)C.CCN[C@@](C)(CC(C)C)C(C)C.CNC1(CC(C)C)CCCCC1.CNC1(CC(C)C)CCOCC1.CN[C@@](C)(CC(C)C)C(C)(C)C.CN[C@@](C)(CC(C)C)C(C)C. The molecule has 0 spiro atoms. The third kappa shape index (κ3) is 74.9. The summed E-state index contributed by atoms with van der Waals surface area (Å²) < 4.78 is 10.6. The fraction of sp³-hybridized carbons (Fsp3) is 1.00. The third-order valence-corrected chi connectivity index (χ3v) is 32.6. The zero-order valence-corrected chi connectivity index (χ0v) is 108. The summed E-state index contributed by atoms with van der Waals surface area (Å²) in [6.45, 7) is 134. The summed E-state index contributed by atoms with van der Waals surface area (Å²) in [5, 5.41) is 24.8. The van der Waals surface area contributed by atoms with Gasteiger partial charge in [-0.2, -0.15) is 0 Å². The first-order valence-corrected chi connectivity index (χ1v) is 58.6. The van der Waals surface area contributed by atoms with E-state index >= 15 is 0 Å². The summed E-state index contributed by atoms with van der Waals surface area (Å²) in [6.07, 6.45) is 29.5. The number of hydrogen-bond acceptors (Lipinski definition) is 14. The minimum Gasteiger partial charge on any atom is -0.381 e. The average molecular weight is 1980 g/mol. The van der Waals surface area contributed by atoms with Crippen LogP contribution in [0.3, 0.4) is 0 Å². The number of nitrogens with one attached hydrogen (secondary N) is 7. The van der Waals surface area contributed by atoms with Gasteiger partial charge in [-0.1, -0.05) is 352 Å². The van der Waals surface area contributed by atoms with E-state index in [0.29, 0.717) is 85.5 Å². The Morgan fingerprint density at radius 1 is 0.302 bits per heavy atom. The van der Waals surface area contributed by atoms with Crippen LogP contribution >= 0.6 is 0 Å². The van der Waals surface area contributed by atoms with Gasteiger partial charge in [0.05, 0.1) is 0 Å². The zero-order chi connectivity index (χ0) is 112. The van der Waals surface area contributed by atoms with Crippen LogP contribution < -0.4 is 60.2 Å². The summed E-state index contributed by atoms with van der Waals surface area (Å²) >= 11 is 0. The van der Waals surface area contributed by atoms with Gasteiger partial charge in [0.2, 0.25) is 0 Å². The standard InChI is InChI=1S/2C12H27N.C11H23N.3C11H25N.C10H21NO.2C10H23N.C9H19NO.2C9H21N/c1-8-13-12(7,9-10(2)3)11(4,5)6;1-7-8-13-12(6,11(4)5)9-10(2)3;1-10(2)9-11(12-3)7-5-4-6-8-11;1-9(2)8-11(5,10(3)4)12(6)7;1-9(2)8-11(6,12-7)10(3,4)5;1-7-12-11(6,10(4)5)8-9(2)3;1-9(2)8-10(11-3)4-6-12-7-5-10;1-8(2)7-10(5,11-6)9(3)4;1-8(2)7-10(6,11)9(3,4)5;1-8(2)7-9(10)3-5-11-6-4-9;1-7(2)6-9(5,10)8(3)4;1-5-9(10,6-2)7-8(3)4/h10,13H,8-9H2,1-7H3;10-11,13H,7-9H2,1-6H3;10,12H,4-9H2,1-3H3;9-10H,8H2,1-7H3;9,12H,8H2,1-7H3;9-10,12H,7-8H2,1-6H3;9,11H,4-8H2,1-3H3;8-9,11H,7H2,1-6H3;8H,7,11H2,1-6H3;8H,3-7,10H2,1-2H3;7-8H,6,10H2,1-5H3;8H,5-7,10H2,1-4H3/t2*12-;;3*11-;;2*10-;;9-;/m00.000.00.0./s1. The molecule has 3 rings (SSSR count). The Hall–Kier alpha value is -0.560. The van der Waals surface area contributed by atoms with E-state index in [1.807, 2.05) is 0 Å². The molecule has 0 bridgehead atoms. The van der Waals surface area contributed by atoms with Gasteiger partial charge in [-0.15, -0.1) is 0 Å². The quantitative estimate of drug-likeness (QED) is 0.0275. The molecule has 139 heavy (non-hydrogen) atoms. The van der Waals surface area contributed by atoms with E-state index in [-0.39, 0.29) is 38.6 Å². The molecule has 0 amide bonds. The molecular weight excluding hydrogens is 1700 g/mol. The van der Waals surface area contributed by atoms with Crippen molar-refractivity contribution in [1.29, 1.82) is 0 Å². The molecule has 3 fully saturated rings. The number of ether oxygens (including phenoxy) is 2. The fourth-order valence-electron chi connectivity index (χ4n) is 20.3. The summed E-state index contributed by atoms with van der Waals surface area (Å²) in [6, 6.07) is 0. The van der Waals surface area contributed by atoms with Crippen LogP contribution in [0.5, 0.6) is 0 Å². The fourth-order valence-corrected chi connectivity index (χ4v) is 20.3. The Kier molecular flexibility index (Phi) is 85.4. The van der Waals surface area contributed by atoms with Crippen LogP contribution in [0, 0.1) is 117 Å². The van der Waals surface area contributed by atoms with Crippen molar-refractivity contribution in [2.45, 2.75) is 608 Å². The third-order valence-electron chi connectivity index (χ3n) is 32.6. The van der Waals surface area contributed by atoms with Crippen LogP contribution in [0.15, 0.2) is 0 Å². The van der Waals surface area contributed by atoms with E-state index in [1.54, 1.807) is 0 Å². The molecule has 0 unspecified atom stereocenters. The van der Waals surface area contributed by atoms with E-state index in [0.717, 1.165) is 157 Å². The summed E-state index contributed by atoms with van der Waals surface area (Å²) in [4.78, 5) is 2.36. The summed E-state index contributed by atoms with van der Waals surface area (Å²) in [5.41, 5.74) is 28.2. The molecule has 852 valence electrons. The van der Waals surface area contributed by atoms with Crippen LogP contribution in [0.2, 0.25) is 0 Å². The van der Waals surface area contributed by atoms with Crippen molar-refractivity contribution in [2.75, 3.05) is 88.3 Å². The minimum atomic E-state index is -0.0405. The van der Waals surface area contributed by atoms with Crippen LogP contribution in [0.25, 0.3) is 0 Å². The summed E-state index contributed by atoms with van der Waals surface area (Å²) in [7, 11) is 12.7. The predicted molar refractivity (Wildman–Crippen MR) is 640 cm³/mol. The minimum absolute atomic E-state index is 0.0220. The highest BCUT2D eigenvalue weighted by atomic mass is 16.5. The molecule has 1 aliphatic carbocycles. The molecule has 2 heterocycles. The van der Waals surface area contributed by atoms with E-state index in [1.165, 1.54) is 103 Å².